The van der Waals surface area contributed by atoms with Crippen LogP contribution in [0, 0.1) is 5.82 Å². The van der Waals surface area contributed by atoms with Crippen molar-refractivity contribution in [1.82, 2.24) is 4.90 Å². The first-order valence-corrected chi connectivity index (χ1v) is 4.95. The Hall–Kier alpha value is -1.09. The number of hydrogen-bond acceptors (Lipinski definition) is 2. The highest BCUT2D eigenvalue weighted by molar-refractivity contribution is 5.46. The minimum Gasteiger partial charge on any atom is -0.358 e. The molecule has 1 aromatic carbocycles. The normalized spacial score (nSPS) is 18.6. The highest BCUT2D eigenvalue weighted by Crippen LogP contribution is 2.18. The molecule has 0 N–H and O–H groups in total. The first-order valence-electron chi connectivity index (χ1n) is 4.95. The van der Waals surface area contributed by atoms with Crippen molar-refractivity contribution >= 4 is 5.69 Å². The van der Waals surface area contributed by atoms with E-state index in [1.54, 1.807) is 12.1 Å². The molecule has 0 atom stereocenters. The van der Waals surface area contributed by atoms with E-state index in [2.05, 4.69) is 16.8 Å². The zero-order valence-electron chi connectivity index (χ0n) is 8.41. The maximum atomic E-state index is 13.0. The van der Waals surface area contributed by atoms with Crippen LogP contribution in [0.2, 0.25) is 0 Å². The summed E-state index contributed by atoms with van der Waals surface area (Å²) in [5.74, 6) is -0.157. The quantitative estimate of drug-likeness (QED) is 0.674. The lowest BCUT2D eigenvalue weighted by Gasteiger charge is -2.34. The molecule has 1 aliphatic rings. The Morgan fingerprint density at radius 1 is 1.29 bits per heavy atom. The molecule has 0 aromatic heterocycles. The van der Waals surface area contributed by atoms with Gasteiger partial charge in [0.15, 0.2) is 0 Å². The second kappa shape index (κ2) is 3.96. The standard InChI is InChI=1S/C11H15FN2/c1-13-6-3-7-14(9-13)11-5-2-4-10(12)8-11/h2,4-5,8H,3,6-7,9H2,1H3. The summed E-state index contributed by atoms with van der Waals surface area (Å²) in [5.41, 5.74) is 0.983. The second-order valence-electron chi connectivity index (χ2n) is 3.82. The van der Waals surface area contributed by atoms with Crippen LogP contribution in [0.15, 0.2) is 24.3 Å². The third kappa shape index (κ3) is 2.04. The lowest BCUT2D eigenvalue weighted by Crippen LogP contribution is -2.42. The van der Waals surface area contributed by atoms with Gasteiger partial charge in [0.05, 0.1) is 6.67 Å². The molecule has 76 valence electrons. The summed E-state index contributed by atoms with van der Waals surface area (Å²) < 4.78 is 13.0. The summed E-state index contributed by atoms with van der Waals surface area (Å²) in [4.78, 5) is 4.45. The third-order valence-electron chi connectivity index (χ3n) is 2.55. The van der Waals surface area contributed by atoms with E-state index in [1.165, 1.54) is 6.07 Å². The van der Waals surface area contributed by atoms with Crippen molar-refractivity contribution in [3.8, 4) is 0 Å². The Balaban J connectivity index is 2.14. The Morgan fingerprint density at radius 2 is 2.14 bits per heavy atom. The van der Waals surface area contributed by atoms with Crippen LogP contribution >= 0.6 is 0 Å². The van der Waals surface area contributed by atoms with E-state index in [1.807, 2.05) is 6.07 Å². The molecule has 0 radical (unpaired) electrons. The fourth-order valence-electron chi connectivity index (χ4n) is 1.85. The third-order valence-corrected chi connectivity index (χ3v) is 2.55. The van der Waals surface area contributed by atoms with Crippen molar-refractivity contribution in [2.75, 3.05) is 31.7 Å². The molecule has 1 fully saturated rings. The van der Waals surface area contributed by atoms with Crippen molar-refractivity contribution < 1.29 is 4.39 Å². The van der Waals surface area contributed by atoms with Crippen molar-refractivity contribution in [2.24, 2.45) is 0 Å². The van der Waals surface area contributed by atoms with Gasteiger partial charge >= 0.3 is 0 Å². The predicted octanol–water partition coefficient (Wildman–Crippen LogP) is 1.93. The number of hydrogen-bond donors (Lipinski definition) is 0. The molecule has 2 rings (SSSR count). The molecule has 1 aliphatic heterocycles. The van der Waals surface area contributed by atoms with Crippen molar-refractivity contribution in [1.29, 1.82) is 0 Å². The molecule has 0 saturated carbocycles. The molecule has 1 heterocycles. The van der Waals surface area contributed by atoms with Crippen molar-refractivity contribution in [2.45, 2.75) is 6.42 Å². The molecule has 0 unspecified atom stereocenters. The minimum atomic E-state index is -0.157. The van der Waals surface area contributed by atoms with Gasteiger partial charge in [-0.15, -0.1) is 0 Å². The summed E-state index contributed by atoms with van der Waals surface area (Å²) in [6.07, 6.45) is 1.15. The van der Waals surface area contributed by atoms with Gasteiger partial charge in [-0.1, -0.05) is 6.07 Å². The average Bonchev–Trinajstić information content (AvgIpc) is 2.18. The van der Waals surface area contributed by atoms with E-state index < -0.39 is 0 Å². The first-order chi connectivity index (χ1) is 6.75. The lowest BCUT2D eigenvalue weighted by atomic mass is 10.2. The molecular weight excluding hydrogens is 179 g/mol. The van der Waals surface area contributed by atoms with Gasteiger partial charge in [0.25, 0.3) is 0 Å². The summed E-state index contributed by atoms with van der Waals surface area (Å²) >= 11 is 0. The molecule has 1 saturated heterocycles. The molecular formula is C11H15FN2. The van der Waals surface area contributed by atoms with Crippen LogP contribution in [0.5, 0.6) is 0 Å². The number of anilines is 1. The van der Waals surface area contributed by atoms with Crippen LogP contribution < -0.4 is 4.90 Å². The van der Waals surface area contributed by atoms with Crippen molar-refractivity contribution in [3.05, 3.63) is 30.1 Å². The maximum Gasteiger partial charge on any atom is 0.125 e. The minimum absolute atomic E-state index is 0.157. The number of rotatable bonds is 1. The highest BCUT2D eigenvalue weighted by Gasteiger charge is 2.14. The predicted molar refractivity (Wildman–Crippen MR) is 55.9 cm³/mol. The van der Waals surface area contributed by atoms with E-state index >= 15 is 0 Å². The van der Waals surface area contributed by atoms with Gasteiger partial charge in [-0.3, -0.25) is 4.90 Å². The van der Waals surface area contributed by atoms with Crippen LogP contribution in [-0.2, 0) is 0 Å². The summed E-state index contributed by atoms with van der Waals surface area (Å²) in [7, 11) is 2.09. The molecule has 0 bridgehead atoms. The number of nitrogens with zero attached hydrogens (tertiary/aromatic N) is 2. The van der Waals surface area contributed by atoms with Crippen molar-refractivity contribution in [3.63, 3.8) is 0 Å². The van der Waals surface area contributed by atoms with E-state index in [0.717, 1.165) is 31.9 Å². The maximum absolute atomic E-state index is 13.0. The summed E-state index contributed by atoms with van der Waals surface area (Å²) in [6.45, 7) is 3.04. The van der Waals surface area contributed by atoms with Gasteiger partial charge in [0.1, 0.15) is 5.82 Å². The molecule has 0 amide bonds. The largest absolute Gasteiger partial charge is 0.358 e. The molecule has 3 heteroatoms. The Morgan fingerprint density at radius 3 is 2.86 bits per heavy atom. The molecule has 0 spiro atoms. The average molecular weight is 194 g/mol. The lowest BCUT2D eigenvalue weighted by molar-refractivity contribution is 0.292. The van der Waals surface area contributed by atoms with E-state index in [4.69, 9.17) is 0 Å². The second-order valence-corrected chi connectivity index (χ2v) is 3.82. The van der Waals surface area contributed by atoms with Crippen LogP contribution in [-0.4, -0.2) is 31.7 Å². The zero-order valence-corrected chi connectivity index (χ0v) is 8.41. The van der Waals surface area contributed by atoms with E-state index in [-0.39, 0.29) is 5.82 Å². The fourth-order valence-corrected chi connectivity index (χ4v) is 1.85. The van der Waals surface area contributed by atoms with Gasteiger partial charge in [-0.25, -0.2) is 4.39 Å². The number of halogens is 1. The monoisotopic (exact) mass is 194 g/mol. The van der Waals surface area contributed by atoms with Gasteiger partial charge in [0, 0.05) is 18.8 Å². The number of benzene rings is 1. The zero-order chi connectivity index (χ0) is 9.97. The first kappa shape index (κ1) is 9.46. The molecule has 1 aromatic rings. The van der Waals surface area contributed by atoms with Gasteiger partial charge in [-0.2, -0.15) is 0 Å². The fraction of sp³-hybridized carbons (Fsp3) is 0.455. The molecule has 0 aliphatic carbocycles. The Kier molecular flexibility index (Phi) is 2.68. The van der Waals surface area contributed by atoms with Gasteiger partial charge in [-0.05, 0) is 31.7 Å². The summed E-state index contributed by atoms with van der Waals surface area (Å²) in [5, 5.41) is 0. The van der Waals surface area contributed by atoms with Crippen LogP contribution in [0.25, 0.3) is 0 Å². The smallest absolute Gasteiger partial charge is 0.125 e. The van der Waals surface area contributed by atoms with E-state index in [9.17, 15) is 4.39 Å². The Labute approximate surface area is 83.9 Å². The summed E-state index contributed by atoms with van der Waals surface area (Å²) in [6, 6.07) is 6.80. The van der Waals surface area contributed by atoms with Gasteiger partial charge in [0.2, 0.25) is 0 Å². The SMILES string of the molecule is CN1CCCN(c2cccc(F)c2)C1. The van der Waals surface area contributed by atoms with Crippen LogP contribution in [0.3, 0.4) is 0 Å². The van der Waals surface area contributed by atoms with E-state index in [0.29, 0.717) is 0 Å². The van der Waals surface area contributed by atoms with Crippen LogP contribution in [0.4, 0.5) is 10.1 Å². The van der Waals surface area contributed by atoms with Gasteiger partial charge < -0.3 is 4.90 Å². The molecule has 14 heavy (non-hydrogen) atoms. The Bertz CT molecular complexity index is 314. The topological polar surface area (TPSA) is 6.48 Å². The highest BCUT2D eigenvalue weighted by atomic mass is 19.1. The van der Waals surface area contributed by atoms with Crippen LogP contribution in [0.1, 0.15) is 6.42 Å². The molecule has 2 nitrogen and oxygen atoms in total.